The summed E-state index contributed by atoms with van der Waals surface area (Å²) in [6, 6.07) is 0.448. The van der Waals surface area contributed by atoms with Crippen molar-refractivity contribution in [2.75, 3.05) is 37.8 Å². The second-order valence-corrected chi connectivity index (χ2v) is 4.77. The van der Waals surface area contributed by atoms with Crippen molar-refractivity contribution in [2.45, 2.75) is 18.9 Å². The SMILES string of the molecule is CNc1ncc(Cl)c(NC2CCN(C)CC2)n1. The smallest absolute Gasteiger partial charge is 0.224 e. The van der Waals surface area contributed by atoms with E-state index in [4.69, 9.17) is 11.6 Å². The van der Waals surface area contributed by atoms with Crippen molar-refractivity contribution in [1.29, 1.82) is 0 Å². The van der Waals surface area contributed by atoms with Gasteiger partial charge < -0.3 is 15.5 Å². The Labute approximate surface area is 107 Å². The van der Waals surface area contributed by atoms with E-state index in [1.807, 2.05) is 0 Å². The van der Waals surface area contributed by atoms with Crippen LogP contribution in [-0.4, -0.2) is 48.1 Å². The maximum Gasteiger partial charge on any atom is 0.224 e. The molecule has 5 nitrogen and oxygen atoms in total. The molecule has 0 unspecified atom stereocenters. The minimum Gasteiger partial charge on any atom is -0.366 e. The summed E-state index contributed by atoms with van der Waals surface area (Å²) in [4.78, 5) is 10.7. The average molecular weight is 256 g/mol. The highest BCUT2D eigenvalue weighted by Gasteiger charge is 2.18. The van der Waals surface area contributed by atoms with Crippen molar-refractivity contribution in [2.24, 2.45) is 0 Å². The third kappa shape index (κ3) is 3.20. The Balaban J connectivity index is 2.02. The van der Waals surface area contributed by atoms with Crippen molar-refractivity contribution in [3.63, 3.8) is 0 Å². The zero-order valence-electron chi connectivity index (χ0n) is 10.2. The van der Waals surface area contributed by atoms with Crippen molar-refractivity contribution in [3.05, 3.63) is 11.2 Å². The predicted octanol–water partition coefficient (Wildman–Crippen LogP) is 1.68. The van der Waals surface area contributed by atoms with Gasteiger partial charge in [0.05, 0.1) is 6.20 Å². The maximum absolute atomic E-state index is 6.08. The van der Waals surface area contributed by atoms with Gasteiger partial charge in [-0.15, -0.1) is 0 Å². The van der Waals surface area contributed by atoms with E-state index in [2.05, 4.69) is 32.5 Å². The van der Waals surface area contributed by atoms with Gasteiger partial charge in [-0.1, -0.05) is 11.6 Å². The molecule has 1 saturated heterocycles. The predicted molar refractivity (Wildman–Crippen MR) is 70.7 cm³/mol. The number of hydrogen-bond donors (Lipinski definition) is 2. The van der Waals surface area contributed by atoms with Gasteiger partial charge in [0.15, 0.2) is 5.82 Å². The van der Waals surface area contributed by atoms with Crippen LogP contribution in [0.3, 0.4) is 0 Å². The molecule has 0 radical (unpaired) electrons. The van der Waals surface area contributed by atoms with Crippen LogP contribution in [0.4, 0.5) is 11.8 Å². The lowest BCUT2D eigenvalue weighted by molar-refractivity contribution is 0.263. The number of anilines is 2. The first kappa shape index (κ1) is 12.4. The van der Waals surface area contributed by atoms with Crippen LogP contribution in [0, 0.1) is 0 Å². The van der Waals surface area contributed by atoms with E-state index in [1.54, 1.807) is 13.2 Å². The molecule has 1 aliphatic heterocycles. The number of likely N-dealkylation sites (tertiary alicyclic amines) is 1. The van der Waals surface area contributed by atoms with Gasteiger partial charge in [-0.05, 0) is 33.0 Å². The molecule has 1 aromatic rings. The largest absolute Gasteiger partial charge is 0.366 e. The molecular formula is C11H18ClN5. The molecule has 1 fully saturated rings. The number of piperidine rings is 1. The summed E-state index contributed by atoms with van der Waals surface area (Å²) < 4.78 is 0. The van der Waals surface area contributed by atoms with Crippen LogP contribution < -0.4 is 10.6 Å². The minimum absolute atomic E-state index is 0.448. The maximum atomic E-state index is 6.08. The number of nitrogens with zero attached hydrogens (tertiary/aromatic N) is 3. The fraction of sp³-hybridized carbons (Fsp3) is 0.636. The molecular weight excluding hydrogens is 238 g/mol. The van der Waals surface area contributed by atoms with Crippen LogP contribution in [0.5, 0.6) is 0 Å². The number of rotatable bonds is 3. The normalized spacial score (nSPS) is 18.1. The zero-order chi connectivity index (χ0) is 12.3. The third-order valence-electron chi connectivity index (χ3n) is 3.03. The summed E-state index contributed by atoms with van der Waals surface area (Å²) in [6.07, 6.45) is 3.86. The standard InChI is InChI=1S/C11H18ClN5/c1-13-11-14-7-9(12)10(16-11)15-8-3-5-17(2)6-4-8/h7-8H,3-6H2,1-2H3,(H2,13,14,15,16). The summed E-state index contributed by atoms with van der Waals surface area (Å²) in [7, 11) is 3.94. The van der Waals surface area contributed by atoms with E-state index in [9.17, 15) is 0 Å². The van der Waals surface area contributed by atoms with Crippen LogP contribution in [-0.2, 0) is 0 Å². The van der Waals surface area contributed by atoms with Crippen LogP contribution >= 0.6 is 11.6 Å². The van der Waals surface area contributed by atoms with E-state index >= 15 is 0 Å². The van der Waals surface area contributed by atoms with Crippen LogP contribution in [0.1, 0.15) is 12.8 Å². The van der Waals surface area contributed by atoms with Gasteiger partial charge in [0, 0.05) is 13.1 Å². The fourth-order valence-electron chi connectivity index (χ4n) is 1.94. The van der Waals surface area contributed by atoms with Crippen molar-refractivity contribution >= 4 is 23.4 Å². The van der Waals surface area contributed by atoms with Gasteiger partial charge >= 0.3 is 0 Å². The Hall–Kier alpha value is -1.07. The second kappa shape index (κ2) is 5.51. The quantitative estimate of drug-likeness (QED) is 0.861. The van der Waals surface area contributed by atoms with Crippen LogP contribution in [0.25, 0.3) is 0 Å². The molecule has 17 heavy (non-hydrogen) atoms. The average Bonchev–Trinajstić information content (AvgIpc) is 2.35. The Kier molecular flexibility index (Phi) is 4.02. The molecule has 6 heteroatoms. The summed E-state index contributed by atoms with van der Waals surface area (Å²) >= 11 is 6.08. The van der Waals surface area contributed by atoms with E-state index < -0.39 is 0 Å². The first-order valence-corrected chi connectivity index (χ1v) is 6.22. The fourth-order valence-corrected chi connectivity index (χ4v) is 2.08. The third-order valence-corrected chi connectivity index (χ3v) is 3.30. The number of hydrogen-bond acceptors (Lipinski definition) is 5. The molecule has 1 aliphatic rings. The van der Waals surface area contributed by atoms with Gasteiger partial charge in [-0.25, -0.2) is 4.98 Å². The van der Waals surface area contributed by atoms with Crippen molar-refractivity contribution in [3.8, 4) is 0 Å². The minimum atomic E-state index is 0.448. The lowest BCUT2D eigenvalue weighted by Crippen LogP contribution is -2.37. The Bertz CT molecular complexity index is 376. The molecule has 0 spiro atoms. The number of nitrogens with one attached hydrogen (secondary N) is 2. The number of aromatic nitrogens is 2. The van der Waals surface area contributed by atoms with Gasteiger partial charge in [-0.2, -0.15) is 4.98 Å². The van der Waals surface area contributed by atoms with Crippen LogP contribution in [0.2, 0.25) is 5.02 Å². The Morgan fingerprint density at radius 1 is 1.41 bits per heavy atom. The first-order chi connectivity index (χ1) is 8.19. The Morgan fingerprint density at radius 3 is 2.76 bits per heavy atom. The van der Waals surface area contributed by atoms with Gasteiger partial charge in [-0.3, -0.25) is 0 Å². The summed E-state index contributed by atoms with van der Waals surface area (Å²) in [5.41, 5.74) is 0. The molecule has 0 aromatic carbocycles. The summed E-state index contributed by atoms with van der Waals surface area (Å²) in [6.45, 7) is 2.22. The highest BCUT2D eigenvalue weighted by Crippen LogP contribution is 2.22. The molecule has 2 N–H and O–H groups in total. The van der Waals surface area contributed by atoms with E-state index in [0.717, 1.165) is 31.7 Å². The molecule has 2 heterocycles. The lowest BCUT2D eigenvalue weighted by Gasteiger charge is -2.30. The van der Waals surface area contributed by atoms with E-state index in [1.165, 1.54) is 0 Å². The van der Waals surface area contributed by atoms with E-state index in [0.29, 0.717) is 17.0 Å². The molecule has 0 amide bonds. The molecule has 0 aliphatic carbocycles. The molecule has 0 bridgehead atoms. The van der Waals surface area contributed by atoms with Crippen molar-refractivity contribution < 1.29 is 0 Å². The Morgan fingerprint density at radius 2 is 2.12 bits per heavy atom. The molecule has 0 atom stereocenters. The summed E-state index contributed by atoms with van der Waals surface area (Å²) in [5, 5.41) is 6.88. The lowest BCUT2D eigenvalue weighted by atomic mass is 10.1. The zero-order valence-corrected chi connectivity index (χ0v) is 11.0. The molecule has 94 valence electrons. The van der Waals surface area contributed by atoms with E-state index in [-0.39, 0.29) is 0 Å². The molecule has 0 saturated carbocycles. The molecule has 1 aromatic heterocycles. The summed E-state index contributed by atoms with van der Waals surface area (Å²) in [5.74, 6) is 1.31. The van der Waals surface area contributed by atoms with Gasteiger partial charge in [0.25, 0.3) is 0 Å². The highest BCUT2D eigenvalue weighted by atomic mass is 35.5. The first-order valence-electron chi connectivity index (χ1n) is 5.84. The van der Waals surface area contributed by atoms with Crippen molar-refractivity contribution in [1.82, 2.24) is 14.9 Å². The van der Waals surface area contributed by atoms with Gasteiger partial charge in [0.2, 0.25) is 5.95 Å². The van der Waals surface area contributed by atoms with Gasteiger partial charge in [0.1, 0.15) is 5.02 Å². The number of halogens is 1. The molecule has 2 rings (SSSR count). The topological polar surface area (TPSA) is 53.1 Å². The second-order valence-electron chi connectivity index (χ2n) is 4.36. The highest BCUT2D eigenvalue weighted by molar-refractivity contribution is 6.32. The van der Waals surface area contributed by atoms with Crippen LogP contribution in [0.15, 0.2) is 6.20 Å². The monoisotopic (exact) mass is 255 g/mol.